The van der Waals surface area contributed by atoms with Gasteiger partial charge in [0.15, 0.2) is 0 Å². The average Bonchev–Trinajstić information content (AvgIpc) is 3.21. The molecule has 160 valence electrons. The summed E-state index contributed by atoms with van der Waals surface area (Å²) >= 11 is 0. The second-order valence-electron chi connectivity index (χ2n) is 7.07. The van der Waals surface area contributed by atoms with Gasteiger partial charge in [0, 0.05) is 17.3 Å². The van der Waals surface area contributed by atoms with E-state index in [1.807, 2.05) is 18.2 Å². The van der Waals surface area contributed by atoms with Crippen molar-refractivity contribution in [3.63, 3.8) is 0 Å². The molecular weight excluding hydrogens is 389 g/mol. The number of ether oxygens (including phenoxy) is 2. The molecule has 0 bridgehead atoms. The van der Waals surface area contributed by atoms with E-state index in [-0.39, 0.29) is 36.8 Å². The Morgan fingerprint density at radius 1 is 1.10 bits per heavy atom. The van der Waals surface area contributed by atoms with E-state index in [4.69, 9.17) is 9.47 Å². The van der Waals surface area contributed by atoms with Crippen LogP contribution in [0.5, 0.6) is 11.5 Å². The number of carbonyl (C=O) groups excluding carboxylic acids is 2. The molecule has 1 saturated heterocycles. The molecule has 2 aromatic carbocycles. The Morgan fingerprint density at radius 3 is 2.57 bits per heavy atom. The number of halogens is 1. The number of nitrogens with zero attached hydrogens (tertiary/aromatic N) is 1. The van der Waals surface area contributed by atoms with E-state index < -0.39 is 0 Å². The Kier molecular flexibility index (Phi) is 7.24. The van der Waals surface area contributed by atoms with Crippen LogP contribution in [0.3, 0.4) is 0 Å². The van der Waals surface area contributed by atoms with Crippen LogP contribution in [-0.2, 0) is 9.59 Å². The number of hydrogen-bond acceptors (Lipinski definition) is 5. The van der Waals surface area contributed by atoms with E-state index in [1.165, 1.54) is 24.3 Å². The molecular formula is C22H26FN3O4. The van der Waals surface area contributed by atoms with E-state index in [1.54, 1.807) is 14.2 Å². The van der Waals surface area contributed by atoms with Crippen molar-refractivity contribution < 1.29 is 23.5 Å². The summed E-state index contributed by atoms with van der Waals surface area (Å²) in [6.07, 6.45) is 1.87. The van der Waals surface area contributed by atoms with Crippen molar-refractivity contribution in [3.05, 3.63) is 53.8 Å². The molecule has 0 aromatic heterocycles. The van der Waals surface area contributed by atoms with Crippen molar-refractivity contribution >= 4 is 17.5 Å². The van der Waals surface area contributed by atoms with Crippen molar-refractivity contribution in [2.75, 3.05) is 39.2 Å². The SMILES string of the molecule is COc1ccc(OC)c([C@@H]2CCCN2CC(=O)NCC(=O)Nc2ccc(F)cc2)c1. The maximum absolute atomic E-state index is 12.9. The molecule has 1 aliphatic heterocycles. The van der Waals surface area contributed by atoms with Gasteiger partial charge in [0.2, 0.25) is 11.8 Å². The minimum absolute atomic E-state index is 0.0360. The Hall–Kier alpha value is -3.13. The van der Waals surface area contributed by atoms with Gasteiger partial charge in [0.05, 0.1) is 27.3 Å². The summed E-state index contributed by atoms with van der Waals surface area (Å²) in [6, 6.07) is 11.1. The van der Waals surface area contributed by atoms with Crippen LogP contribution in [0.15, 0.2) is 42.5 Å². The van der Waals surface area contributed by atoms with Gasteiger partial charge in [-0.1, -0.05) is 0 Å². The minimum atomic E-state index is -0.380. The number of amides is 2. The number of anilines is 1. The smallest absolute Gasteiger partial charge is 0.243 e. The zero-order chi connectivity index (χ0) is 21.5. The van der Waals surface area contributed by atoms with Crippen molar-refractivity contribution in [2.24, 2.45) is 0 Å². The average molecular weight is 415 g/mol. The molecule has 0 radical (unpaired) electrons. The zero-order valence-corrected chi connectivity index (χ0v) is 17.1. The van der Waals surface area contributed by atoms with Gasteiger partial charge < -0.3 is 20.1 Å². The van der Waals surface area contributed by atoms with E-state index in [0.717, 1.165) is 36.4 Å². The predicted molar refractivity (Wildman–Crippen MR) is 111 cm³/mol. The third kappa shape index (κ3) is 5.48. The highest BCUT2D eigenvalue weighted by Gasteiger charge is 2.30. The summed E-state index contributed by atoms with van der Waals surface area (Å²) in [5, 5.41) is 5.26. The third-order valence-electron chi connectivity index (χ3n) is 5.08. The van der Waals surface area contributed by atoms with Gasteiger partial charge in [-0.25, -0.2) is 4.39 Å². The molecule has 0 aliphatic carbocycles. The Labute approximate surface area is 175 Å². The van der Waals surface area contributed by atoms with E-state index in [0.29, 0.717) is 5.69 Å². The van der Waals surface area contributed by atoms with E-state index in [9.17, 15) is 14.0 Å². The molecule has 1 aliphatic rings. The maximum atomic E-state index is 12.9. The highest BCUT2D eigenvalue weighted by atomic mass is 19.1. The van der Waals surface area contributed by atoms with Crippen LogP contribution < -0.4 is 20.1 Å². The molecule has 2 aromatic rings. The Morgan fingerprint density at radius 2 is 1.87 bits per heavy atom. The zero-order valence-electron chi connectivity index (χ0n) is 17.1. The van der Waals surface area contributed by atoms with E-state index >= 15 is 0 Å². The molecule has 7 nitrogen and oxygen atoms in total. The molecule has 1 fully saturated rings. The maximum Gasteiger partial charge on any atom is 0.243 e. The monoisotopic (exact) mass is 415 g/mol. The highest BCUT2D eigenvalue weighted by molar-refractivity contribution is 5.94. The van der Waals surface area contributed by atoms with Gasteiger partial charge in [-0.05, 0) is 61.9 Å². The van der Waals surface area contributed by atoms with Gasteiger partial charge in [0.1, 0.15) is 17.3 Å². The standard InChI is InChI=1S/C22H26FN3O4/c1-29-17-9-10-20(30-2)18(12-17)19-4-3-11-26(19)14-22(28)24-13-21(27)25-16-7-5-15(23)6-8-16/h5-10,12,19H,3-4,11,13-14H2,1-2H3,(H,24,28)(H,25,27)/t19-/m0/s1. The summed E-state index contributed by atoms with van der Waals surface area (Å²) in [6.45, 7) is 0.798. The summed E-state index contributed by atoms with van der Waals surface area (Å²) < 4.78 is 23.8. The number of rotatable bonds is 8. The topological polar surface area (TPSA) is 79.9 Å². The van der Waals surface area contributed by atoms with Crippen molar-refractivity contribution in [1.29, 1.82) is 0 Å². The first-order chi connectivity index (χ1) is 14.5. The summed E-state index contributed by atoms with van der Waals surface area (Å²) in [4.78, 5) is 26.5. The molecule has 8 heteroatoms. The minimum Gasteiger partial charge on any atom is -0.497 e. The van der Waals surface area contributed by atoms with Gasteiger partial charge in [-0.15, -0.1) is 0 Å². The third-order valence-corrected chi connectivity index (χ3v) is 5.08. The number of nitrogens with one attached hydrogen (secondary N) is 2. The van der Waals surface area contributed by atoms with Crippen LogP contribution in [0, 0.1) is 5.82 Å². The first-order valence-corrected chi connectivity index (χ1v) is 9.78. The fourth-order valence-electron chi connectivity index (χ4n) is 3.63. The molecule has 1 heterocycles. The molecule has 2 amide bonds. The quantitative estimate of drug-likeness (QED) is 0.693. The van der Waals surface area contributed by atoms with Crippen LogP contribution >= 0.6 is 0 Å². The van der Waals surface area contributed by atoms with Crippen molar-refractivity contribution in [2.45, 2.75) is 18.9 Å². The number of methoxy groups -OCH3 is 2. The normalized spacial score (nSPS) is 16.2. The van der Waals surface area contributed by atoms with E-state index in [2.05, 4.69) is 15.5 Å². The summed E-state index contributed by atoms with van der Waals surface area (Å²) in [7, 11) is 3.24. The van der Waals surface area contributed by atoms with Gasteiger partial charge in [0.25, 0.3) is 0 Å². The van der Waals surface area contributed by atoms with Crippen molar-refractivity contribution in [3.8, 4) is 11.5 Å². The molecule has 2 N–H and O–H groups in total. The Bertz CT molecular complexity index is 888. The second kappa shape index (κ2) is 10.1. The van der Waals surface area contributed by atoms with Crippen molar-refractivity contribution in [1.82, 2.24) is 10.2 Å². The molecule has 0 spiro atoms. The lowest BCUT2D eigenvalue weighted by Crippen LogP contribution is -2.40. The summed E-state index contributed by atoms with van der Waals surface area (Å²) in [5.41, 5.74) is 1.46. The lowest BCUT2D eigenvalue weighted by atomic mass is 10.0. The molecule has 0 saturated carbocycles. The van der Waals surface area contributed by atoms with Crippen LogP contribution in [0.25, 0.3) is 0 Å². The predicted octanol–water partition coefficient (Wildman–Crippen LogP) is 2.73. The fraction of sp³-hybridized carbons (Fsp3) is 0.364. The molecule has 30 heavy (non-hydrogen) atoms. The fourth-order valence-corrected chi connectivity index (χ4v) is 3.63. The van der Waals surface area contributed by atoms with Gasteiger partial charge in [-0.3, -0.25) is 14.5 Å². The van der Waals surface area contributed by atoms with Crippen LogP contribution in [0.1, 0.15) is 24.4 Å². The first kappa shape index (κ1) is 21.6. The number of carbonyl (C=O) groups is 2. The lowest BCUT2D eigenvalue weighted by molar-refractivity contribution is -0.125. The second-order valence-corrected chi connectivity index (χ2v) is 7.07. The van der Waals surface area contributed by atoms with Crippen LogP contribution in [-0.4, -0.2) is 50.6 Å². The largest absolute Gasteiger partial charge is 0.497 e. The van der Waals surface area contributed by atoms with Crippen LogP contribution in [0.4, 0.5) is 10.1 Å². The highest BCUT2D eigenvalue weighted by Crippen LogP contribution is 2.38. The number of likely N-dealkylation sites (tertiary alicyclic amines) is 1. The molecule has 1 atom stereocenters. The Balaban J connectivity index is 1.55. The number of benzene rings is 2. The summed E-state index contributed by atoms with van der Waals surface area (Å²) in [5.74, 6) is 0.501. The van der Waals surface area contributed by atoms with Crippen LogP contribution in [0.2, 0.25) is 0 Å². The number of hydrogen-bond donors (Lipinski definition) is 2. The molecule has 3 rings (SSSR count). The van der Waals surface area contributed by atoms with Gasteiger partial charge >= 0.3 is 0 Å². The van der Waals surface area contributed by atoms with Gasteiger partial charge in [-0.2, -0.15) is 0 Å². The molecule has 0 unspecified atom stereocenters. The lowest BCUT2D eigenvalue weighted by Gasteiger charge is -2.26. The first-order valence-electron chi connectivity index (χ1n) is 9.78.